The molecule has 204 valence electrons. The van der Waals surface area contributed by atoms with Crippen molar-refractivity contribution >= 4 is 0 Å². The molecule has 3 aromatic rings. The van der Waals surface area contributed by atoms with E-state index >= 15 is 0 Å². The van der Waals surface area contributed by atoms with Crippen LogP contribution in [0.1, 0.15) is 75.8 Å². The van der Waals surface area contributed by atoms with Crippen LogP contribution in [0.4, 0.5) is 13.2 Å². The number of ether oxygens (including phenoxy) is 3. The number of unbranched alkanes of at least 4 members (excludes halogenated alkanes) is 1. The van der Waals surface area contributed by atoms with Crippen molar-refractivity contribution in [2.45, 2.75) is 77.4 Å². The van der Waals surface area contributed by atoms with Crippen LogP contribution in [0.15, 0.2) is 54.6 Å². The molecule has 0 bridgehead atoms. The quantitative estimate of drug-likeness (QED) is 0.220. The zero-order valence-corrected chi connectivity index (χ0v) is 22.3. The Labute approximate surface area is 223 Å². The van der Waals surface area contributed by atoms with Crippen molar-refractivity contribution in [1.82, 2.24) is 0 Å². The maximum atomic E-state index is 14.9. The highest BCUT2D eigenvalue weighted by atomic mass is 19.2. The highest BCUT2D eigenvalue weighted by Gasteiger charge is 2.27. The van der Waals surface area contributed by atoms with Gasteiger partial charge >= 0.3 is 0 Å². The molecule has 0 aromatic heterocycles. The summed E-state index contributed by atoms with van der Waals surface area (Å²) in [4.78, 5) is 0. The van der Waals surface area contributed by atoms with E-state index in [1.807, 2.05) is 30.3 Å². The molecule has 0 N–H and O–H groups in total. The minimum Gasteiger partial charge on any atom is -0.491 e. The lowest BCUT2D eigenvalue weighted by molar-refractivity contribution is 0.0248. The second kappa shape index (κ2) is 13.7. The van der Waals surface area contributed by atoms with Crippen LogP contribution in [0.2, 0.25) is 0 Å². The van der Waals surface area contributed by atoms with Crippen LogP contribution >= 0.6 is 0 Å². The van der Waals surface area contributed by atoms with Crippen LogP contribution in [-0.2, 0) is 11.3 Å². The molecule has 0 amide bonds. The number of rotatable bonds is 12. The van der Waals surface area contributed by atoms with Crippen LogP contribution in [-0.4, -0.2) is 19.3 Å². The molecule has 1 aliphatic rings. The van der Waals surface area contributed by atoms with Gasteiger partial charge in [-0.05, 0) is 84.9 Å². The van der Waals surface area contributed by atoms with Crippen molar-refractivity contribution in [1.29, 1.82) is 0 Å². The van der Waals surface area contributed by atoms with Gasteiger partial charge in [-0.3, -0.25) is 0 Å². The highest BCUT2D eigenvalue weighted by molar-refractivity contribution is 5.64. The zero-order valence-electron chi connectivity index (χ0n) is 22.3. The van der Waals surface area contributed by atoms with E-state index in [0.717, 1.165) is 68.2 Å². The van der Waals surface area contributed by atoms with Gasteiger partial charge in [-0.1, -0.05) is 56.7 Å². The fourth-order valence-electron chi connectivity index (χ4n) is 4.88. The number of benzene rings is 3. The van der Waals surface area contributed by atoms with Crippen molar-refractivity contribution < 1.29 is 27.4 Å². The van der Waals surface area contributed by atoms with Gasteiger partial charge in [-0.15, -0.1) is 0 Å². The van der Waals surface area contributed by atoms with Gasteiger partial charge in [-0.25, -0.2) is 8.78 Å². The van der Waals surface area contributed by atoms with E-state index in [1.54, 1.807) is 12.1 Å². The third-order valence-corrected chi connectivity index (χ3v) is 7.12. The van der Waals surface area contributed by atoms with Gasteiger partial charge in [0, 0.05) is 6.61 Å². The van der Waals surface area contributed by atoms with Gasteiger partial charge in [0.05, 0.1) is 12.7 Å². The summed E-state index contributed by atoms with van der Waals surface area (Å²) in [6, 6.07) is 15.5. The summed E-state index contributed by atoms with van der Waals surface area (Å²) in [5, 5.41) is 0. The molecule has 0 saturated heterocycles. The molecule has 0 atom stereocenters. The number of halogens is 3. The van der Waals surface area contributed by atoms with Crippen LogP contribution in [0.5, 0.6) is 11.5 Å². The summed E-state index contributed by atoms with van der Waals surface area (Å²) in [7, 11) is 0. The second-order valence-electron chi connectivity index (χ2n) is 9.96. The molecular weight excluding hydrogens is 489 g/mol. The van der Waals surface area contributed by atoms with E-state index in [1.165, 1.54) is 12.1 Å². The minimum absolute atomic E-state index is 0.00521. The van der Waals surface area contributed by atoms with Crippen LogP contribution in [0.25, 0.3) is 11.1 Å². The summed E-state index contributed by atoms with van der Waals surface area (Å²) in [5.41, 5.74) is 2.78. The van der Waals surface area contributed by atoms with E-state index in [0.29, 0.717) is 12.2 Å². The molecule has 0 spiro atoms. The Hall–Kier alpha value is -2.99. The van der Waals surface area contributed by atoms with E-state index in [9.17, 15) is 13.2 Å². The summed E-state index contributed by atoms with van der Waals surface area (Å²) in [5.74, 6) is -2.02. The Kier molecular flexibility index (Phi) is 10.1. The molecule has 3 nitrogen and oxygen atoms in total. The average molecular weight is 527 g/mol. The van der Waals surface area contributed by atoms with Gasteiger partial charge in [0.15, 0.2) is 23.1 Å². The first kappa shape index (κ1) is 28.0. The number of hydrogen-bond donors (Lipinski definition) is 0. The Balaban J connectivity index is 1.34. The first-order valence-electron chi connectivity index (χ1n) is 13.7. The average Bonchev–Trinajstić information content (AvgIpc) is 2.94. The summed E-state index contributed by atoms with van der Waals surface area (Å²) in [6.07, 6.45) is 6.36. The smallest absolute Gasteiger partial charge is 0.200 e. The van der Waals surface area contributed by atoms with Crippen LogP contribution < -0.4 is 9.47 Å². The summed E-state index contributed by atoms with van der Waals surface area (Å²) >= 11 is 0. The monoisotopic (exact) mass is 526 g/mol. The third kappa shape index (κ3) is 7.10. The van der Waals surface area contributed by atoms with E-state index in [2.05, 4.69) is 13.8 Å². The fraction of sp³-hybridized carbons (Fsp3) is 0.438. The van der Waals surface area contributed by atoms with E-state index in [4.69, 9.17) is 14.2 Å². The molecule has 6 heteroatoms. The standard InChI is InChI=1S/C32H37F3O3/c1-3-5-19-37-29-16-12-25(20-28(29)33)23-8-6-22(7-9-23)21-38-30-17-15-27(31(34)32(30)35)24-10-13-26(14-11-24)36-18-4-2/h6-9,12,15-17,20,24,26H,3-5,10-11,13-14,18-19,21H2,1-2H3. The summed E-state index contributed by atoms with van der Waals surface area (Å²) in [6.45, 7) is 5.46. The molecule has 0 radical (unpaired) electrons. The van der Waals surface area contributed by atoms with Gasteiger partial charge in [-0.2, -0.15) is 4.39 Å². The largest absolute Gasteiger partial charge is 0.491 e. The number of hydrogen-bond acceptors (Lipinski definition) is 3. The maximum Gasteiger partial charge on any atom is 0.200 e. The minimum atomic E-state index is -0.944. The third-order valence-electron chi connectivity index (χ3n) is 7.12. The van der Waals surface area contributed by atoms with Crippen LogP contribution in [0.3, 0.4) is 0 Å². The Morgan fingerprint density at radius 2 is 1.42 bits per heavy atom. The highest BCUT2D eigenvalue weighted by Crippen LogP contribution is 2.37. The fourth-order valence-corrected chi connectivity index (χ4v) is 4.88. The predicted molar refractivity (Wildman–Crippen MR) is 144 cm³/mol. The lowest BCUT2D eigenvalue weighted by atomic mass is 9.82. The summed E-state index contributed by atoms with van der Waals surface area (Å²) < 4.78 is 61.1. The lowest BCUT2D eigenvalue weighted by Crippen LogP contribution is -2.21. The topological polar surface area (TPSA) is 27.7 Å². The van der Waals surface area contributed by atoms with Crippen molar-refractivity contribution in [3.63, 3.8) is 0 Å². The normalized spacial score (nSPS) is 17.4. The second-order valence-corrected chi connectivity index (χ2v) is 9.96. The van der Waals surface area contributed by atoms with Crippen molar-refractivity contribution in [2.75, 3.05) is 13.2 Å². The van der Waals surface area contributed by atoms with Crippen molar-refractivity contribution in [3.8, 4) is 22.6 Å². The lowest BCUT2D eigenvalue weighted by Gasteiger charge is -2.29. The van der Waals surface area contributed by atoms with Crippen molar-refractivity contribution in [2.24, 2.45) is 0 Å². The Morgan fingerprint density at radius 3 is 2.11 bits per heavy atom. The van der Waals surface area contributed by atoms with Gasteiger partial charge in [0.2, 0.25) is 5.82 Å². The predicted octanol–water partition coefficient (Wildman–Crippen LogP) is 8.98. The molecule has 0 heterocycles. The zero-order chi connectivity index (χ0) is 26.9. The maximum absolute atomic E-state index is 14.9. The molecule has 0 unspecified atom stereocenters. The Bertz CT molecular complexity index is 1170. The molecule has 3 aromatic carbocycles. The SMILES string of the molecule is CCCCOc1ccc(-c2ccc(COc3ccc(C4CCC(OCCC)CC4)c(F)c3F)cc2)cc1F. The molecule has 1 fully saturated rings. The molecule has 38 heavy (non-hydrogen) atoms. The van der Waals surface area contributed by atoms with E-state index in [-0.39, 0.29) is 30.1 Å². The molecular formula is C32H37F3O3. The van der Waals surface area contributed by atoms with Gasteiger partial charge < -0.3 is 14.2 Å². The van der Waals surface area contributed by atoms with Crippen molar-refractivity contribution in [3.05, 3.63) is 83.2 Å². The van der Waals surface area contributed by atoms with E-state index < -0.39 is 17.5 Å². The molecule has 1 aliphatic carbocycles. The Morgan fingerprint density at radius 1 is 0.711 bits per heavy atom. The van der Waals surface area contributed by atoms with Crippen LogP contribution in [0, 0.1) is 17.5 Å². The van der Waals surface area contributed by atoms with Gasteiger partial charge in [0.25, 0.3) is 0 Å². The molecule has 0 aliphatic heterocycles. The molecule has 4 rings (SSSR count). The molecule has 1 saturated carbocycles. The van der Waals surface area contributed by atoms with Gasteiger partial charge in [0.1, 0.15) is 6.61 Å². The first-order valence-corrected chi connectivity index (χ1v) is 13.7. The first-order chi connectivity index (χ1) is 18.5.